The van der Waals surface area contributed by atoms with Crippen LogP contribution in [0.25, 0.3) is 21.9 Å². The maximum Gasteiger partial charge on any atom is 0.221 e. The Morgan fingerprint density at radius 2 is 1.89 bits per heavy atom. The number of aryl methyl sites for hydroxylation is 3. The van der Waals surface area contributed by atoms with Crippen molar-refractivity contribution in [2.75, 3.05) is 10.6 Å². The molecule has 6 nitrogen and oxygen atoms in total. The second kappa shape index (κ2) is 6.39. The van der Waals surface area contributed by atoms with Crippen molar-refractivity contribution in [2.45, 2.75) is 20.8 Å². The van der Waals surface area contributed by atoms with Gasteiger partial charge in [-0.25, -0.2) is 4.98 Å². The fourth-order valence-corrected chi connectivity index (χ4v) is 3.40. The van der Waals surface area contributed by atoms with E-state index >= 15 is 0 Å². The van der Waals surface area contributed by atoms with Crippen LogP contribution in [0.5, 0.6) is 0 Å². The Balaban J connectivity index is 1.91. The lowest BCUT2D eigenvalue weighted by Crippen LogP contribution is -2.07. The molecule has 0 fully saturated rings. The first-order valence-corrected chi connectivity index (χ1v) is 8.81. The fraction of sp³-hybridized carbons (Fsp3) is 0.190. The monoisotopic (exact) mass is 359 g/mol. The van der Waals surface area contributed by atoms with E-state index in [1.165, 1.54) is 6.92 Å². The third-order valence-corrected chi connectivity index (χ3v) is 4.66. The Kier molecular flexibility index (Phi) is 4.03. The maximum atomic E-state index is 11.5. The van der Waals surface area contributed by atoms with E-state index in [-0.39, 0.29) is 5.91 Å². The fourth-order valence-electron chi connectivity index (χ4n) is 3.40. The number of hydrogen-bond donors (Lipinski definition) is 2. The Morgan fingerprint density at radius 1 is 1.11 bits per heavy atom. The molecule has 0 aliphatic carbocycles. The van der Waals surface area contributed by atoms with Crippen LogP contribution in [0.2, 0.25) is 0 Å². The molecule has 0 atom stereocenters. The minimum Gasteiger partial charge on any atom is -0.354 e. The van der Waals surface area contributed by atoms with Gasteiger partial charge >= 0.3 is 0 Å². The van der Waals surface area contributed by atoms with Crippen LogP contribution in [0.4, 0.5) is 17.1 Å². The highest BCUT2D eigenvalue weighted by atomic mass is 16.1. The van der Waals surface area contributed by atoms with Gasteiger partial charge in [0.25, 0.3) is 0 Å². The van der Waals surface area contributed by atoms with Gasteiger partial charge in [-0.05, 0) is 37.6 Å². The first-order chi connectivity index (χ1) is 12.9. The van der Waals surface area contributed by atoms with Gasteiger partial charge in [-0.15, -0.1) is 0 Å². The van der Waals surface area contributed by atoms with Gasteiger partial charge in [-0.1, -0.05) is 24.3 Å². The summed E-state index contributed by atoms with van der Waals surface area (Å²) in [7, 11) is 1.90. The van der Waals surface area contributed by atoms with Crippen molar-refractivity contribution in [1.29, 1.82) is 0 Å². The summed E-state index contributed by atoms with van der Waals surface area (Å²) in [4.78, 5) is 16.3. The van der Waals surface area contributed by atoms with Gasteiger partial charge in [-0.3, -0.25) is 9.48 Å². The zero-order chi connectivity index (χ0) is 19.1. The Morgan fingerprint density at radius 3 is 2.67 bits per heavy atom. The predicted molar refractivity (Wildman–Crippen MR) is 110 cm³/mol. The molecule has 0 spiro atoms. The van der Waals surface area contributed by atoms with Crippen molar-refractivity contribution in [3.05, 3.63) is 53.7 Å². The summed E-state index contributed by atoms with van der Waals surface area (Å²) >= 11 is 0. The van der Waals surface area contributed by atoms with Crippen LogP contribution in [-0.2, 0) is 11.8 Å². The van der Waals surface area contributed by atoms with Crippen LogP contribution in [0.15, 0.2) is 42.5 Å². The van der Waals surface area contributed by atoms with E-state index in [1.807, 2.05) is 57.3 Å². The molecule has 0 unspecified atom stereocenters. The smallest absolute Gasteiger partial charge is 0.221 e. The molecule has 2 aromatic carbocycles. The Bertz CT molecular complexity index is 1190. The van der Waals surface area contributed by atoms with Gasteiger partial charge in [0.1, 0.15) is 0 Å². The second-order valence-electron chi connectivity index (χ2n) is 6.75. The summed E-state index contributed by atoms with van der Waals surface area (Å²) in [5, 5.41) is 13.0. The highest BCUT2D eigenvalue weighted by molar-refractivity contribution is 6.09. The molecule has 6 heteroatoms. The van der Waals surface area contributed by atoms with E-state index < -0.39 is 0 Å². The predicted octanol–water partition coefficient (Wildman–Crippen LogP) is 4.44. The number of benzene rings is 2. The minimum absolute atomic E-state index is 0.0879. The SMILES string of the molecule is CC(=O)Nc1cc(Nc2c3ccccc3nc3c2c(C)nn3C)ccc1C. The van der Waals surface area contributed by atoms with E-state index in [0.29, 0.717) is 0 Å². The van der Waals surface area contributed by atoms with Crippen LogP contribution >= 0.6 is 0 Å². The summed E-state index contributed by atoms with van der Waals surface area (Å²) in [6.07, 6.45) is 0. The highest BCUT2D eigenvalue weighted by Gasteiger charge is 2.16. The molecule has 4 rings (SSSR count). The second-order valence-corrected chi connectivity index (χ2v) is 6.75. The first kappa shape index (κ1) is 17.0. The molecule has 27 heavy (non-hydrogen) atoms. The Labute approximate surface area is 157 Å². The average Bonchev–Trinajstić information content (AvgIpc) is 2.91. The van der Waals surface area contributed by atoms with Crippen LogP contribution in [0, 0.1) is 13.8 Å². The van der Waals surface area contributed by atoms with Crippen molar-refractivity contribution in [1.82, 2.24) is 14.8 Å². The molecule has 2 N–H and O–H groups in total. The number of pyridine rings is 1. The number of fused-ring (bicyclic) bond motifs is 2. The topological polar surface area (TPSA) is 71.8 Å². The number of nitrogens with zero attached hydrogens (tertiary/aromatic N) is 3. The summed E-state index contributed by atoms with van der Waals surface area (Å²) < 4.78 is 1.81. The lowest BCUT2D eigenvalue weighted by molar-refractivity contribution is -0.114. The van der Waals surface area contributed by atoms with Gasteiger partial charge in [0.05, 0.1) is 22.3 Å². The summed E-state index contributed by atoms with van der Waals surface area (Å²) in [6.45, 7) is 5.47. The normalized spacial score (nSPS) is 11.1. The van der Waals surface area contributed by atoms with E-state index in [9.17, 15) is 4.79 Å². The average molecular weight is 359 g/mol. The molecule has 2 aromatic heterocycles. The van der Waals surface area contributed by atoms with E-state index in [1.54, 1.807) is 4.68 Å². The van der Waals surface area contributed by atoms with E-state index in [0.717, 1.165) is 50.3 Å². The van der Waals surface area contributed by atoms with E-state index in [2.05, 4.69) is 21.8 Å². The molecule has 4 aromatic rings. The lowest BCUT2D eigenvalue weighted by Gasteiger charge is -2.14. The quantitative estimate of drug-likeness (QED) is 0.567. The van der Waals surface area contributed by atoms with Gasteiger partial charge < -0.3 is 10.6 Å². The standard InChI is InChI=1S/C21H21N5O/c1-12-9-10-15(11-18(12)22-14(3)27)23-20-16-7-5-6-8-17(16)24-21-19(20)13(2)25-26(21)4/h5-11H,1-4H3,(H,22,27)(H,23,24). The van der Waals surface area contributed by atoms with E-state index in [4.69, 9.17) is 4.98 Å². The maximum absolute atomic E-state index is 11.5. The molecule has 0 radical (unpaired) electrons. The van der Waals surface area contributed by atoms with Crippen molar-refractivity contribution in [3.8, 4) is 0 Å². The molecular formula is C21H21N5O. The number of hydrogen-bond acceptors (Lipinski definition) is 4. The lowest BCUT2D eigenvalue weighted by atomic mass is 10.1. The number of carbonyl (C=O) groups is 1. The number of anilines is 3. The van der Waals surface area contributed by atoms with Crippen LogP contribution in [0.3, 0.4) is 0 Å². The first-order valence-electron chi connectivity index (χ1n) is 8.81. The van der Waals surface area contributed by atoms with Gasteiger partial charge in [-0.2, -0.15) is 5.10 Å². The molecule has 2 heterocycles. The number of rotatable bonds is 3. The van der Waals surface area contributed by atoms with Crippen LogP contribution < -0.4 is 10.6 Å². The summed E-state index contributed by atoms with van der Waals surface area (Å²) in [5.41, 5.74) is 6.34. The largest absolute Gasteiger partial charge is 0.354 e. The van der Waals surface area contributed by atoms with Crippen molar-refractivity contribution < 1.29 is 4.79 Å². The number of aromatic nitrogens is 3. The van der Waals surface area contributed by atoms with Crippen molar-refractivity contribution >= 4 is 44.9 Å². The molecule has 0 aliphatic rings. The zero-order valence-electron chi connectivity index (χ0n) is 15.8. The minimum atomic E-state index is -0.0879. The molecule has 0 aliphatic heterocycles. The zero-order valence-corrected chi connectivity index (χ0v) is 15.8. The third-order valence-electron chi connectivity index (χ3n) is 4.66. The number of amides is 1. The van der Waals surface area contributed by atoms with Crippen LogP contribution in [-0.4, -0.2) is 20.7 Å². The third kappa shape index (κ3) is 2.99. The number of carbonyl (C=O) groups excluding carboxylic acids is 1. The van der Waals surface area contributed by atoms with Gasteiger partial charge in [0.2, 0.25) is 5.91 Å². The van der Waals surface area contributed by atoms with Gasteiger partial charge in [0.15, 0.2) is 5.65 Å². The molecule has 0 saturated heterocycles. The highest BCUT2D eigenvalue weighted by Crippen LogP contribution is 2.35. The van der Waals surface area contributed by atoms with Crippen molar-refractivity contribution in [2.24, 2.45) is 7.05 Å². The molecular weight excluding hydrogens is 338 g/mol. The van der Waals surface area contributed by atoms with Gasteiger partial charge in [0, 0.05) is 30.7 Å². The number of para-hydroxylation sites is 1. The van der Waals surface area contributed by atoms with Crippen molar-refractivity contribution in [3.63, 3.8) is 0 Å². The molecule has 0 bridgehead atoms. The molecule has 136 valence electrons. The summed E-state index contributed by atoms with van der Waals surface area (Å²) in [5.74, 6) is -0.0879. The molecule has 0 saturated carbocycles. The number of nitrogens with one attached hydrogen (secondary N) is 2. The molecule has 1 amide bonds. The van der Waals surface area contributed by atoms with Crippen LogP contribution in [0.1, 0.15) is 18.2 Å². The summed E-state index contributed by atoms with van der Waals surface area (Å²) in [6, 6.07) is 14.0. The Hall–Kier alpha value is -3.41.